The second-order valence-electron chi connectivity index (χ2n) is 3.39. The highest BCUT2D eigenvalue weighted by Gasteiger charge is 2.02. The Morgan fingerprint density at radius 2 is 2.24 bits per heavy atom. The number of aromatic nitrogens is 2. The summed E-state index contributed by atoms with van der Waals surface area (Å²) in [5.41, 5.74) is 0. The Morgan fingerprint density at radius 1 is 1.41 bits per heavy atom. The summed E-state index contributed by atoms with van der Waals surface area (Å²) in [6, 6.07) is 0. The second kappa shape index (κ2) is 7.39. The average molecular weight is 241 g/mol. The first kappa shape index (κ1) is 13.2. The molecule has 0 bridgehead atoms. The van der Waals surface area contributed by atoms with E-state index in [1.807, 2.05) is 10.8 Å². The SMILES string of the molecule is O=C(O)COCC(=O)NCCCn1ccnc1. The maximum Gasteiger partial charge on any atom is 0.329 e. The number of carbonyl (C=O) groups excluding carboxylic acids is 1. The van der Waals surface area contributed by atoms with Crippen LogP contribution in [0.1, 0.15) is 6.42 Å². The van der Waals surface area contributed by atoms with Crippen molar-refractivity contribution in [3.05, 3.63) is 18.7 Å². The van der Waals surface area contributed by atoms with E-state index < -0.39 is 12.6 Å². The summed E-state index contributed by atoms with van der Waals surface area (Å²) in [4.78, 5) is 25.1. The molecule has 1 aromatic rings. The fourth-order valence-corrected chi connectivity index (χ4v) is 1.19. The molecule has 0 aromatic carbocycles. The van der Waals surface area contributed by atoms with Gasteiger partial charge in [-0.1, -0.05) is 0 Å². The molecule has 1 aromatic heterocycles. The number of carboxylic acid groups (broad SMARTS) is 1. The monoisotopic (exact) mass is 241 g/mol. The van der Waals surface area contributed by atoms with Crippen LogP contribution in [-0.4, -0.2) is 46.3 Å². The van der Waals surface area contributed by atoms with Crippen molar-refractivity contribution in [3.8, 4) is 0 Å². The number of amides is 1. The quantitative estimate of drug-likeness (QED) is 0.598. The molecular formula is C10H15N3O4. The minimum atomic E-state index is -1.09. The van der Waals surface area contributed by atoms with Gasteiger partial charge in [0.1, 0.15) is 13.2 Å². The van der Waals surface area contributed by atoms with Gasteiger partial charge in [0.05, 0.1) is 6.33 Å². The standard InChI is InChI=1S/C10H15N3O4/c14-9(6-17-7-10(15)16)12-2-1-4-13-5-3-11-8-13/h3,5,8H,1-2,4,6-7H2,(H,12,14)(H,15,16). The Hall–Kier alpha value is -1.89. The summed E-state index contributed by atoms with van der Waals surface area (Å²) in [5, 5.41) is 10.9. The van der Waals surface area contributed by atoms with E-state index >= 15 is 0 Å². The first-order chi connectivity index (χ1) is 8.18. The number of rotatable bonds is 8. The zero-order valence-corrected chi connectivity index (χ0v) is 9.33. The first-order valence-corrected chi connectivity index (χ1v) is 5.20. The van der Waals surface area contributed by atoms with E-state index in [4.69, 9.17) is 5.11 Å². The molecule has 1 amide bonds. The number of aryl methyl sites for hydroxylation is 1. The molecule has 0 unspecified atom stereocenters. The number of nitrogens with one attached hydrogen (secondary N) is 1. The van der Waals surface area contributed by atoms with Crippen LogP contribution in [0.2, 0.25) is 0 Å². The van der Waals surface area contributed by atoms with Crippen molar-refractivity contribution < 1.29 is 19.4 Å². The van der Waals surface area contributed by atoms with Gasteiger partial charge in [-0.15, -0.1) is 0 Å². The fraction of sp³-hybridized carbons (Fsp3) is 0.500. The van der Waals surface area contributed by atoms with Crippen LogP contribution in [0, 0.1) is 0 Å². The van der Waals surface area contributed by atoms with E-state index in [0.29, 0.717) is 6.54 Å². The highest BCUT2D eigenvalue weighted by molar-refractivity contribution is 5.77. The predicted molar refractivity (Wildman–Crippen MR) is 58.3 cm³/mol. The third-order valence-electron chi connectivity index (χ3n) is 1.93. The second-order valence-corrected chi connectivity index (χ2v) is 3.39. The molecule has 1 rings (SSSR count). The summed E-state index contributed by atoms with van der Waals surface area (Å²) in [5.74, 6) is -1.39. The average Bonchev–Trinajstić information content (AvgIpc) is 2.76. The lowest BCUT2D eigenvalue weighted by Gasteiger charge is -2.05. The predicted octanol–water partition coefficient (Wildman–Crippen LogP) is -0.509. The van der Waals surface area contributed by atoms with Gasteiger partial charge in [-0.2, -0.15) is 0 Å². The van der Waals surface area contributed by atoms with E-state index in [0.717, 1.165) is 13.0 Å². The fourth-order valence-electron chi connectivity index (χ4n) is 1.19. The van der Waals surface area contributed by atoms with Gasteiger partial charge in [0.15, 0.2) is 0 Å². The van der Waals surface area contributed by atoms with Crippen molar-refractivity contribution in [1.82, 2.24) is 14.9 Å². The summed E-state index contributed by atoms with van der Waals surface area (Å²) in [6.45, 7) is 0.615. The number of carboxylic acids is 1. The Bertz CT molecular complexity index is 350. The molecule has 0 fully saturated rings. The van der Waals surface area contributed by atoms with Gasteiger partial charge in [0.2, 0.25) is 5.91 Å². The van der Waals surface area contributed by atoms with Crippen LogP contribution in [0.25, 0.3) is 0 Å². The van der Waals surface area contributed by atoms with Gasteiger partial charge in [-0.3, -0.25) is 4.79 Å². The lowest BCUT2D eigenvalue weighted by molar-refractivity contribution is -0.143. The largest absolute Gasteiger partial charge is 0.480 e. The lowest BCUT2D eigenvalue weighted by Crippen LogP contribution is -2.29. The van der Waals surface area contributed by atoms with Crippen LogP contribution in [-0.2, 0) is 20.9 Å². The first-order valence-electron chi connectivity index (χ1n) is 5.20. The molecule has 0 radical (unpaired) electrons. The lowest BCUT2D eigenvalue weighted by atomic mass is 10.4. The molecule has 1 heterocycles. The summed E-state index contributed by atoms with van der Waals surface area (Å²) < 4.78 is 6.54. The molecule has 2 N–H and O–H groups in total. The van der Waals surface area contributed by atoms with Crippen LogP contribution in [0.4, 0.5) is 0 Å². The van der Waals surface area contributed by atoms with E-state index in [9.17, 15) is 9.59 Å². The molecule has 17 heavy (non-hydrogen) atoms. The molecule has 0 aliphatic rings. The molecule has 0 saturated heterocycles. The van der Waals surface area contributed by atoms with Gasteiger partial charge in [-0.05, 0) is 6.42 Å². The minimum Gasteiger partial charge on any atom is -0.480 e. The van der Waals surface area contributed by atoms with Crippen molar-refractivity contribution >= 4 is 11.9 Å². The maximum absolute atomic E-state index is 11.1. The molecule has 0 spiro atoms. The Balaban J connectivity index is 1.98. The molecule has 7 nitrogen and oxygen atoms in total. The van der Waals surface area contributed by atoms with E-state index in [-0.39, 0.29) is 12.5 Å². The van der Waals surface area contributed by atoms with Gasteiger partial charge < -0.3 is 19.7 Å². The van der Waals surface area contributed by atoms with Crippen molar-refractivity contribution in [1.29, 1.82) is 0 Å². The highest BCUT2D eigenvalue weighted by atomic mass is 16.5. The highest BCUT2D eigenvalue weighted by Crippen LogP contribution is 1.89. The Labute approximate surface area is 98.4 Å². The number of imidazole rings is 1. The maximum atomic E-state index is 11.1. The van der Waals surface area contributed by atoms with Crippen molar-refractivity contribution in [2.45, 2.75) is 13.0 Å². The molecule has 0 aliphatic carbocycles. The van der Waals surface area contributed by atoms with Gasteiger partial charge in [0.25, 0.3) is 0 Å². The Kier molecular flexibility index (Phi) is 5.73. The van der Waals surface area contributed by atoms with Crippen molar-refractivity contribution in [2.75, 3.05) is 19.8 Å². The van der Waals surface area contributed by atoms with E-state index in [2.05, 4.69) is 15.0 Å². The molecule has 0 aliphatic heterocycles. The van der Waals surface area contributed by atoms with Crippen molar-refractivity contribution in [3.63, 3.8) is 0 Å². The molecule has 7 heteroatoms. The summed E-state index contributed by atoms with van der Waals surface area (Å²) >= 11 is 0. The number of hydrogen-bond donors (Lipinski definition) is 2. The Morgan fingerprint density at radius 3 is 2.88 bits per heavy atom. The molecule has 94 valence electrons. The third kappa shape index (κ3) is 6.31. The van der Waals surface area contributed by atoms with E-state index in [1.54, 1.807) is 12.5 Å². The molecular weight excluding hydrogens is 226 g/mol. The normalized spacial score (nSPS) is 10.1. The number of ether oxygens (including phenoxy) is 1. The van der Waals surface area contributed by atoms with Gasteiger partial charge >= 0.3 is 5.97 Å². The van der Waals surface area contributed by atoms with Crippen molar-refractivity contribution in [2.24, 2.45) is 0 Å². The topological polar surface area (TPSA) is 93.5 Å². The zero-order valence-electron chi connectivity index (χ0n) is 9.33. The molecule has 0 atom stereocenters. The van der Waals surface area contributed by atoms with Gasteiger partial charge in [-0.25, -0.2) is 9.78 Å². The van der Waals surface area contributed by atoms with Crippen LogP contribution in [0.5, 0.6) is 0 Å². The van der Waals surface area contributed by atoms with Crippen LogP contribution >= 0.6 is 0 Å². The van der Waals surface area contributed by atoms with Gasteiger partial charge in [0, 0.05) is 25.5 Å². The summed E-state index contributed by atoms with van der Waals surface area (Å²) in [6.07, 6.45) is 6.02. The van der Waals surface area contributed by atoms with Crippen LogP contribution in [0.15, 0.2) is 18.7 Å². The van der Waals surface area contributed by atoms with Crippen LogP contribution in [0.3, 0.4) is 0 Å². The minimum absolute atomic E-state index is 0.225. The number of carbonyl (C=O) groups is 2. The smallest absolute Gasteiger partial charge is 0.329 e. The molecule has 0 saturated carbocycles. The third-order valence-corrected chi connectivity index (χ3v) is 1.93. The van der Waals surface area contributed by atoms with E-state index in [1.165, 1.54) is 0 Å². The number of aliphatic carboxylic acids is 1. The zero-order chi connectivity index (χ0) is 12.5. The number of hydrogen-bond acceptors (Lipinski definition) is 4. The summed E-state index contributed by atoms with van der Waals surface area (Å²) in [7, 11) is 0. The number of nitrogens with zero attached hydrogens (tertiary/aromatic N) is 2. The van der Waals surface area contributed by atoms with Crippen LogP contribution < -0.4 is 5.32 Å².